The second-order valence-electron chi connectivity index (χ2n) is 4.98. The zero-order chi connectivity index (χ0) is 12.4. The van der Waals surface area contributed by atoms with Crippen molar-refractivity contribution in [1.29, 1.82) is 0 Å². The summed E-state index contributed by atoms with van der Waals surface area (Å²) in [6.07, 6.45) is 2.58. The molecule has 0 spiro atoms. The van der Waals surface area contributed by atoms with Gasteiger partial charge in [0.25, 0.3) is 0 Å². The molecule has 2 N–H and O–H groups in total. The van der Waals surface area contributed by atoms with Crippen LogP contribution in [-0.2, 0) is 11.2 Å². The summed E-state index contributed by atoms with van der Waals surface area (Å²) in [4.78, 5) is 14.0. The predicted molar refractivity (Wildman–Crippen MR) is 73.1 cm³/mol. The quantitative estimate of drug-likeness (QED) is 0.785. The number of hydrogen-bond donors (Lipinski definition) is 2. The molecule has 0 aliphatic carbocycles. The van der Waals surface area contributed by atoms with E-state index in [2.05, 4.69) is 33.7 Å². The number of fused-ring (bicyclic) bond motifs is 1. The molecule has 3 rings (SSSR count). The number of carbonyl (C=O) groups is 1. The number of rotatable bonds is 1. The van der Waals surface area contributed by atoms with Gasteiger partial charge in [0.2, 0.25) is 5.91 Å². The average Bonchev–Trinajstić information content (AvgIpc) is 2.59. The minimum absolute atomic E-state index is 0.145. The first-order valence-electron chi connectivity index (χ1n) is 6.71. The van der Waals surface area contributed by atoms with E-state index < -0.39 is 0 Å². The van der Waals surface area contributed by atoms with E-state index in [4.69, 9.17) is 0 Å². The molecule has 1 amide bonds. The lowest BCUT2D eigenvalue weighted by Crippen LogP contribution is -2.43. The van der Waals surface area contributed by atoms with E-state index in [1.165, 1.54) is 11.3 Å². The van der Waals surface area contributed by atoms with Crippen LogP contribution in [0.15, 0.2) is 18.2 Å². The molecular weight excluding hydrogens is 226 g/mol. The predicted octanol–water partition coefficient (Wildman–Crippen LogP) is 1.37. The van der Waals surface area contributed by atoms with Gasteiger partial charge in [0, 0.05) is 44.0 Å². The van der Waals surface area contributed by atoms with Gasteiger partial charge in [-0.2, -0.15) is 0 Å². The first-order chi connectivity index (χ1) is 8.83. The van der Waals surface area contributed by atoms with Crippen molar-refractivity contribution in [3.05, 3.63) is 23.8 Å². The summed E-state index contributed by atoms with van der Waals surface area (Å²) in [5, 5.41) is 6.37. The Morgan fingerprint density at radius 3 is 2.78 bits per heavy atom. The van der Waals surface area contributed by atoms with Gasteiger partial charge in [-0.1, -0.05) is 6.07 Å². The van der Waals surface area contributed by atoms with Crippen LogP contribution in [0.5, 0.6) is 0 Å². The van der Waals surface area contributed by atoms with Gasteiger partial charge in [-0.05, 0) is 30.5 Å². The lowest BCUT2D eigenvalue weighted by molar-refractivity contribution is -0.116. The summed E-state index contributed by atoms with van der Waals surface area (Å²) in [5.74, 6) is 0.145. The highest BCUT2D eigenvalue weighted by Crippen LogP contribution is 2.27. The molecule has 96 valence electrons. The second kappa shape index (κ2) is 4.98. The fourth-order valence-electron chi connectivity index (χ4n) is 2.67. The van der Waals surface area contributed by atoms with E-state index in [0.29, 0.717) is 6.42 Å². The Labute approximate surface area is 107 Å². The Hall–Kier alpha value is -1.55. The van der Waals surface area contributed by atoms with E-state index >= 15 is 0 Å². The highest BCUT2D eigenvalue weighted by molar-refractivity contribution is 5.92. The number of benzene rings is 1. The van der Waals surface area contributed by atoms with Crippen LogP contribution in [0.4, 0.5) is 11.4 Å². The summed E-state index contributed by atoms with van der Waals surface area (Å²) in [5.41, 5.74) is 3.49. The molecule has 4 nitrogen and oxygen atoms in total. The number of anilines is 2. The summed E-state index contributed by atoms with van der Waals surface area (Å²) >= 11 is 0. The van der Waals surface area contributed by atoms with Gasteiger partial charge in [-0.3, -0.25) is 4.79 Å². The van der Waals surface area contributed by atoms with E-state index in [1.807, 2.05) is 0 Å². The topological polar surface area (TPSA) is 44.4 Å². The number of piperazine rings is 1. The first-order valence-corrected chi connectivity index (χ1v) is 6.71. The van der Waals surface area contributed by atoms with Gasteiger partial charge >= 0.3 is 0 Å². The van der Waals surface area contributed by atoms with Crippen LogP contribution in [0.1, 0.15) is 18.4 Å². The second-order valence-corrected chi connectivity index (χ2v) is 4.98. The molecule has 18 heavy (non-hydrogen) atoms. The third-order valence-corrected chi connectivity index (χ3v) is 3.70. The Balaban J connectivity index is 1.86. The zero-order valence-electron chi connectivity index (χ0n) is 10.5. The molecular formula is C14H19N3O. The maximum atomic E-state index is 11.6. The lowest BCUT2D eigenvalue weighted by atomic mass is 10.1. The highest BCUT2D eigenvalue weighted by atomic mass is 16.1. The molecule has 4 heteroatoms. The van der Waals surface area contributed by atoms with Crippen LogP contribution in [0, 0.1) is 0 Å². The van der Waals surface area contributed by atoms with E-state index in [9.17, 15) is 4.79 Å². The first kappa shape index (κ1) is 11.5. The Morgan fingerprint density at radius 2 is 1.94 bits per heavy atom. The van der Waals surface area contributed by atoms with Crippen LogP contribution < -0.4 is 15.5 Å². The lowest BCUT2D eigenvalue weighted by Gasteiger charge is -2.30. The Bertz CT molecular complexity index is 452. The van der Waals surface area contributed by atoms with Gasteiger partial charge in [0.1, 0.15) is 0 Å². The Morgan fingerprint density at radius 1 is 1.11 bits per heavy atom. The maximum Gasteiger partial charge on any atom is 0.224 e. The number of nitrogens with one attached hydrogen (secondary N) is 2. The van der Waals surface area contributed by atoms with Gasteiger partial charge in [-0.25, -0.2) is 0 Å². The fourth-order valence-corrected chi connectivity index (χ4v) is 2.67. The molecule has 1 saturated heterocycles. The van der Waals surface area contributed by atoms with Crippen LogP contribution in [0.25, 0.3) is 0 Å². The maximum absolute atomic E-state index is 11.6. The van der Waals surface area contributed by atoms with Gasteiger partial charge in [0.05, 0.1) is 0 Å². The molecule has 0 atom stereocenters. The third-order valence-electron chi connectivity index (χ3n) is 3.70. The largest absolute Gasteiger partial charge is 0.369 e. The molecule has 0 saturated carbocycles. The fraction of sp³-hybridized carbons (Fsp3) is 0.500. The zero-order valence-corrected chi connectivity index (χ0v) is 10.5. The SMILES string of the molecule is O=C1CCCc2ccc(N3CCNCC3)cc2N1. The summed E-state index contributed by atoms with van der Waals surface area (Å²) in [7, 11) is 0. The number of hydrogen-bond acceptors (Lipinski definition) is 3. The monoisotopic (exact) mass is 245 g/mol. The van der Waals surface area contributed by atoms with Crippen LogP contribution >= 0.6 is 0 Å². The molecule has 0 aromatic heterocycles. The van der Waals surface area contributed by atoms with Crippen LogP contribution in [0.2, 0.25) is 0 Å². The van der Waals surface area contributed by atoms with Crippen molar-refractivity contribution in [2.24, 2.45) is 0 Å². The van der Waals surface area contributed by atoms with Crippen molar-refractivity contribution in [2.75, 3.05) is 36.4 Å². The van der Waals surface area contributed by atoms with Gasteiger partial charge in [0.15, 0.2) is 0 Å². The molecule has 1 aromatic carbocycles. The highest BCUT2D eigenvalue weighted by Gasteiger charge is 2.16. The molecule has 0 unspecified atom stereocenters. The van der Waals surface area contributed by atoms with Crippen molar-refractivity contribution in [2.45, 2.75) is 19.3 Å². The number of carbonyl (C=O) groups excluding carboxylic acids is 1. The molecule has 2 heterocycles. The third kappa shape index (κ3) is 2.34. The van der Waals surface area contributed by atoms with E-state index in [1.54, 1.807) is 0 Å². The van der Waals surface area contributed by atoms with Crippen molar-refractivity contribution >= 4 is 17.3 Å². The number of amides is 1. The molecule has 0 radical (unpaired) electrons. The summed E-state index contributed by atoms with van der Waals surface area (Å²) in [6.45, 7) is 4.13. The molecule has 1 aromatic rings. The minimum atomic E-state index is 0.145. The van der Waals surface area contributed by atoms with Crippen LogP contribution in [0.3, 0.4) is 0 Å². The van der Waals surface area contributed by atoms with E-state index in [0.717, 1.165) is 44.7 Å². The van der Waals surface area contributed by atoms with Gasteiger partial charge < -0.3 is 15.5 Å². The van der Waals surface area contributed by atoms with Crippen LogP contribution in [-0.4, -0.2) is 32.1 Å². The standard InChI is InChI=1S/C14H19N3O/c18-14-3-1-2-11-4-5-12(10-13(11)16-14)17-8-6-15-7-9-17/h4-5,10,15H,1-3,6-9H2,(H,16,18). The van der Waals surface area contributed by atoms with Crippen molar-refractivity contribution in [1.82, 2.24) is 5.32 Å². The molecule has 0 bridgehead atoms. The van der Waals surface area contributed by atoms with Crippen molar-refractivity contribution < 1.29 is 4.79 Å². The smallest absolute Gasteiger partial charge is 0.224 e. The minimum Gasteiger partial charge on any atom is -0.369 e. The normalized spacial score (nSPS) is 20.0. The molecule has 2 aliphatic heterocycles. The number of nitrogens with zero attached hydrogens (tertiary/aromatic N) is 1. The van der Waals surface area contributed by atoms with E-state index in [-0.39, 0.29) is 5.91 Å². The Kier molecular flexibility index (Phi) is 3.19. The summed E-state index contributed by atoms with van der Waals surface area (Å²) in [6, 6.07) is 6.48. The van der Waals surface area contributed by atoms with Crippen molar-refractivity contribution in [3.63, 3.8) is 0 Å². The summed E-state index contributed by atoms with van der Waals surface area (Å²) < 4.78 is 0. The van der Waals surface area contributed by atoms with Crippen molar-refractivity contribution in [3.8, 4) is 0 Å². The average molecular weight is 245 g/mol. The number of aryl methyl sites for hydroxylation is 1. The molecule has 2 aliphatic rings. The van der Waals surface area contributed by atoms with Gasteiger partial charge in [-0.15, -0.1) is 0 Å². The molecule has 1 fully saturated rings.